The maximum Gasteiger partial charge on any atom is 0.254 e. The average Bonchev–Trinajstić information content (AvgIpc) is 3.34. The Morgan fingerprint density at radius 2 is 1.63 bits per heavy atom. The SMILES string of the molecule is Cc1ccccc1C(=O)N1CCN(c2nc3ccccc3c3nnc(-c4ccccc4)n23)CC1C. The van der Waals surface area contributed by atoms with Crippen LogP contribution in [0.5, 0.6) is 0 Å². The zero-order chi connectivity index (χ0) is 23.9. The summed E-state index contributed by atoms with van der Waals surface area (Å²) in [5.74, 6) is 1.65. The van der Waals surface area contributed by atoms with Crippen LogP contribution in [-0.2, 0) is 0 Å². The average molecular weight is 463 g/mol. The van der Waals surface area contributed by atoms with Gasteiger partial charge in [0.1, 0.15) is 0 Å². The summed E-state index contributed by atoms with van der Waals surface area (Å²) < 4.78 is 2.06. The van der Waals surface area contributed by atoms with Gasteiger partial charge in [-0.05, 0) is 37.6 Å². The van der Waals surface area contributed by atoms with E-state index in [-0.39, 0.29) is 11.9 Å². The lowest BCUT2D eigenvalue weighted by Gasteiger charge is -2.40. The van der Waals surface area contributed by atoms with Crippen molar-refractivity contribution in [2.45, 2.75) is 19.9 Å². The number of aryl methyl sites for hydroxylation is 1. The van der Waals surface area contributed by atoms with E-state index in [4.69, 9.17) is 4.98 Å². The molecule has 0 saturated carbocycles. The monoisotopic (exact) mass is 462 g/mol. The maximum atomic E-state index is 13.3. The Hall–Kier alpha value is -4.26. The first kappa shape index (κ1) is 21.3. The van der Waals surface area contributed by atoms with Crippen LogP contribution in [0.1, 0.15) is 22.8 Å². The lowest BCUT2D eigenvalue weighted by Crippen LogP contribution is -2.54. The number of hydrogen-bond acceptors (Lipinski definition) is 5. The number of benzene rings is 3. The first-order valence-electron chi connectivity index (χ1n) is 11.9. The fraction of sp³-hybridized carbons (Fsp3) is 0.214. The van der Waals surface area contributed by atoms with Crippen molar-refractivity contribution in [2.75, 3.05) is 24.5 Å². The number of aromatic nitrogens is 4. The van der Waals surface area contributed by atoms with Gasteiger partial charge in [0.15, 0.2) is 11.5 Å². The molecule has 2 aromatic heterocycles. The van der Waals surface area contributed by atoms with E-state index < -0.39 is 0 Å². The molecule has 7 heteroatoms. The van der Waals surface area contributed by atoms with Crippen molar-refractivity contribution in [2.24, 2.45) is 0 Å². The molecular weight excluding hydrogens is 436 g/mol. The third-order valence-corrected chi connectivity index (χ3v) is 6.81. The third-order valence-electron chi connectivity index (χ3n) is 6.81. The quantitative estimate of drug-likeness (QED) is 0.392. The molecule has 0 spiro atoms. The molecule has 5 aromatic rings. The van der Waals surface area contributed by atoms with Gasteiger partial charge in [0, 0.05) is 42.2 Å². The van der Waals surface area contributed by atoms with E-state index in [1.165, 1.54) is 0 Å². The van der Waals surface area contributed by atoms with Gasteiger partial charge >= 0.3 is 0 Å². The minimum atomic E-state index is 0.0239. The minimum absolute atomic E-state index is 0.0239. The summed E-state index contributed by atoms with van der Waals surface area (Å²) in [6.45, 7) is 6.05. The topological polar surface area (TPSA) is 66.6 Å². The highest BCUT2D eigenvalue weighted by Gasteiger charge is 2.31. The van der Waals surface area contributed by atoms with Gasteiger partial charge in [0.05, 0.1) is 5.52 Å². The molecule has 1 amide bonds. The van der Waals surface area contributed by atoms with Gasteiger partial charge in [-0.25, -0.2) is 9.38 Å². The number of fused-ring (bicyclic) bond motifs is 3. The minimum Gasteiger partial charge on any atom is -0.338 e. The molecule has 0 N–H and O–H groups in total. The van der Waals surface area contributed by atoms with Gasteiger partial charge in [-0.15, -0.1) is 10.2 Å². The van der Waals surface area contributed by atoms with Crippen LogP contribution in [0.4, 0.5) is 5.95 Å². The van der Waals surface area contributed by atoms with Crippen LogP contribution in [0.3, 0.4) is 0 Å². The fourth-order valence-corrected chi connectivity index (χ4v) is 4.96. The molecule has 35 heavy (non-hydrogen) atoms. The largest absolute Gasteiger partial charge is 0.338 e. The summed E-state index contributed by atoms with van der Waals surface area (Å²) in [6, 6.07) is 25.9. The van der Waals surface area contributed by atoms with Gasteiger partial charge in [-0.3, -0.25) is 4.79 Å². The molecule has 1 saturated heterocycles. The van der Waals surface area contributed by atoms with Crippen molar-refractivity contribution in [3.63, 3.8) is 0 Å². The predicted octanol–water partition coefficient (Wildman–Crippen LogP) is 4.60. The second-order valence-electron chi connectivity index (χ2n) is 9.09. The lowest BCUT2D eigenvalue weighted by molar-refractivity contribution is 0.0672. The molecule has 1 unspecified atom stereocenters. The van der Waals surface area contributed by atoms with E-state index in [2.05, 4.69) is 26.4 Å². The number of para-hydroxylation sites is 1. The summed E-state index contributed by atoms with van der Waals surface area (Å²) in [7, 11) is 0. The van der Waals surface area contributed by atoms with E-state index >= 15 is 0 Å². The van der Waals surface area contributed by atoms with Crippen molar-refractivity contribution in [3.8, 4) is 11.4 Å². The summed E-state index contributed by atoms with van der Waals surface area (Å²) in [4.78, 5) is 22.6. The van der Waals surface area contributed by atoms with Crippen LogP contribution >= 0.6 is 0 Å². The number of rotatable bonds is 3. The first-order valence-corrected chi connectivity index (χ1v) is 11.9. The molecule has 1 aliphatic heterocycles. The summed E-state index contributed by atoms with van der Waals surface area (Å²) in [5.41, 5.74) is 4.43. The van der Waals surface area contributed by atoms with Crippen LogP contribution in [0, 0.1) is 6.92 Å². The summed E-state index contributed by atoms with van der Waals surface area (Å²) in [5, 5.41) is 10.1. The van der Waals surface area contributed by atoms with Crippen LogP contribution in [-0.4, -0.2) is 56.1 Å². The van der Waals surface area contributed by atoms with E-state index in [1.807, 2.05) is 90.7 Å². The first-order chi connectivity index (χ1) is 17.1. The Labute approximate surface area is 203 Å². The Morgan fingerprint density at radius 1 is 0.886 bits per heavy atom. The normalized spacial score (nSPS) is 16.2. The highest BCUT2D eigenvalue weighted by Crippen LogP contribution is 2.29. The van der Waals surface area contributed by atoms with E-state index in [9.17, 15) is 4.79 Å². The van der Waals surface area contributed by atoms with Crippen molar-refractivity contribution in [3.05, 3.63) is 90.0 Å². The van der Waals surface area contributed by atoms with Gasteiger partial charge in [-0.1, -0.05) is 60.7 Å². The van der Waals surface area contributed by atoms with Crippen molar-refractivity contribution in [1.29, 1.82) is 0 Å². The predicted molar refractivity (Wildman–Crippen MR) is 138 cm³/mol. The van der Waals surface area contributed by atoms with Crippen LogP contribution in [0.2, 0.25) is 0 Å². The molecule has 0 radical (unpaired) electrons. The Balaban J connectivity index is 1.41. The lowest BCUT2D eigenvalue weighted by atomic mass is 10.1. The van der Waals surface area contributed by atoms with E-state index in [1.54, 1.807) is 0 Å². The standard InChI is InChI=1S/C28H26N6O/c1-19-10-6-7-13-22(19)27(35)33-17-16-32(18-20(33)2)28-29-24-15-9-8-14-23(24)26-31-30-25(34(26)28)21-11-4-3-5-12-21/h3-15,20H,16-18H2,1-2H3. The van der Waals surface area contributed by atoms with Crippen molar-refractivity contribution >= 4 is 28.4 Å². The van der Waals surface area contributed by atoms with Crippen molar-refractivity contribution < 1.29 is 4.79 Å². The third kappa shape index (κ3) is 3.60. The van der Waals surface area contributed by atoms with Crippen LogP contribution < -0.4 is 4.90 Å². The molecule has 0 aliphatic carbocycles. The molecule has 0 bridgehead atoms. The number of hydrogen-bond donors (Lipinski definition) is 0. The zero-order valence-electron chi connectivity index (χ0n) is 19.8. The number of carbonyl (C=O) groups is 1. The van der Waals surface area contributed by atoms with E-state index in [0.29, 0.717) is 19.6 Å². The van der Waals surface area contributed by atoms with E-state index in [0.717, 1.165) is 45.0 Å². The summed E-state index contributed by atoms with van der Waals surface area (Å²) in [6.07, 6.45) is 0. The number of amides is 1. The number of nitrogens with zero attached hydrogens (tertiary/aromatic N) is 6. The molecule has 3 heterocycles. The molecule has 174 valence electrons. The molecule has 3 aromatic carbocycles. The van der Waals surface area contributed by atoms with Crippen LogP contribution in [0.15, 0.2) is 78.9 Å². The number of anilines is 1. The molecule has 1 aliphatic rings. The second kappa shape index (κ2) is 8.51. The highest BCUT2D eigenvalue weighted by molar-refractivity contribution is 5.96. The van der Waals surface area contributed by atoms with Gasteiger partial charge in [0.2, 0.25) is 5.95 Å². The maximum absolute atomic E-state index is 13.3. The van der Waals surface area contributed by atoms with Gasteiger partial charge < -0.3 is 9.80 Å². The van der Waals surface area contributed by atoms with Crippen LogP contribution in [0.25, 0.3) is 27.9 Å². The highest BCUT2D eigenvalue weighted by atomic mass is 16.2. The Kier molecular flexibility index (Phi) is 5.17. The number of carbonyl (C=O) groups excluding carboxylic acids is 1. The summed E-state index contributed by atoms with van der Waals surface area (Å²) >= 11 is 0. The van der Waals surface area contributed by atoms with Gasteiger partial charge in [0.25, 0.3) is 5.91 Å². The smallest absolute Gasteiger partial charge is 0.254 e. The molecule has 1 fully saturated rings. The Morgan fingerprint density at radius 3 is 2.43 bits per heavy atom. The molecule has 6 rings (SSSR count). The molecule has 7 nitrogen and oxygen atoms in total. The Bertz CT molecular complexity index is 1540. The second-order valence-corrected chi connectivity index (χ2v) is 9.09. The zero-order valence-corrected chi connectivity index (χ0v) is 19.8. The van der Waals surface area contributed by atoms with Gasteiger partial charge in [-0.2, -0.15) is 0 Å². The van der Waals surface area contributed by atoms with Crippen molar-refractivity contribution in [1.82, 2.24) is 24.5 Å². The number of piperazine rings is 1. The fourth-order valence-electron chi connectivity index (χ4n) is 4.96. The molecular formula is C28H26N6O. The molecule has 1 atom stereocenters.